The van der Waals surface area contributed by atoms with Crippen LogP contribution >= 0.6 is 23.5 Å². The lowest BCUT2D eigenvalue weighted by Gasteiger charge is -2.03. The Labute approximate surface area is 122 Å². The van der Waals surface area contributed by atoms with Gasteiger partial charge in [0.15, 0.2) is 5.16 Å². The zero-order valence-electron chi connectivity index (χ0n) is 11.2. The van der Waals surface area contributed by atoms with Crippen molar-refractivity contribution in [3.05, 3.63) is 48.3 Å². The van der Waals surface area contributed by atoms with E-state index in [1.807, 2.05) is 13.1 Å². The van der Waals surface area contributed by atoms with Gasteiger partial charge in [-0.25, -0.2) is 0 Å². The van der Waals surface area contributed by atoms with Gasteiger partial charge in [0.1, 0.15) is 5.82 Å². The van der Waals surface area contributed by atoms with E-state index in [9.17, 15) is 0 Å². The van der Waals surface area contributed by atoms with Crippen molar-refractivity contribution in [2.45, 2.75) is 22.7 Å². The lowest BCUT2D eigenvalue weighted by Crippen LogP contribution is -1.97. The highest BCUT2D eigenvalue weighted by Crippen LogP contribution is 2.24. The summed E-state index contributed by atoms with van der Waals surface area (Å²) in [5, 5.41) is 9.38. The SMILES string of the molecule is C=CCSc1nnc(CSc2ccc(C)cc2)n1C. The van der Waals surface area contributed by atoms with E-state index < -0.39 is 0 Å². The van der Waals surface area contributed by atoms with E-state index in [1.54, 1.807) is 23.5 Å². The summed E-state index contributed by atoms with van der Waals surface area (Å²) in [6, 6.07) is 8.54. The molecule has 100 valence electrons. The van der Waals surface area contributed by atoms with Crippen molar-refractivity contribution in [2.24, 2.45) is 7.05 Å². The van der Waals surface area contributed by atoms with Gasteiger partial charge in [-0.1, -0.05) is 35.5 Å². The van der Waals surface area contributed by atoms with Crippen LogP contribution in [0.2, 0.25) is 0 Å². The van der Waals surface area contributed by atoms with E-state index in [4.69, 9.17) is 0 Å². The quantitative estimate of drug-likeness (QED) is 0.600. The molecule has 0 aliphatic heterocycles. The maximum atomic E-state index is 4.24. The zero-order chi connectivity index (χ0) is 13.7. The summed E-state index contributed by atoms with van der Waals surface area (Å²) in [6.07, 6.45) is 1.88. The molecule has 0 atom stereocenters. The molecule has 0 saturated carbocycles. The molecule has 1 aromatic carbocycles. The van der Waals surface area contributed by atoms with E-state index in [0.29, 0.717) is 0 Å². The predicted octanol–water partition coefficient (Wildman–Crippen LogP) is 3.69. The normalized spacial score (nSPS) is 10.6. The molecule has 3 nitrogen and oxygen atoms in total. The number of benzene rings is 1. The van der Waals surface area contributed by atoms with Crippen LogP contribution in [0.5, 0.6) is 0 Å². The van der Waals surface area contributed by atoms with Crippen molar-refractivity contribution >= 4 is 23.5 Å². The molecule has 0 saturated heterocycles. The molecule has 0 bridgehead atoms. The molecule has 0 N–H and O–H groups in total. The summed E-state index contributed by atoms with van der Waals surface area (Å²) in [4.78, 5) is 1.26. The molecule has 1 heterocycles. The lowest BCUT2D eigenvalue weighted by atomic mass is 10.2. The Morgan fingerprint density at radius 2 is 1.95 bits per heavy atom. The Bertz CT molecular complexity index is 546. The maximum Gasteiger partial charge on any atom is 0.191 e. The molecule has 0 unspecified atom stereocenters. The second-order valence-corrected chi connectivity index (χ2v) is 6.20. The first-order chi connectivity index (χ1) is 9.20. The fourth-order valence-electron chi connectivity index (χ4n) is 1.51. The van der Waals surface area contributed by atoms with Crippen molar-refractivity contribution in [1.82, 2.24) is 14.8 Å². The number of thioether (sulfide) groups is 2. The van der Waals surface area contributed by atoms with Crippen LogP contribution in [0.25, 0.3) is 0 Å². The number of rotatable bonds is 6. The van der Waals surface area contributed by atoms with Crippen LogP contribution in [0.15, 0.2) is 47.0 Å². The summed E-state index contributed by atoms with van der Waals surface area (Å²) in [5.41, 5.74) is 1.28. The maximum absolute atomic E-state index is 4.24. The van der Waals surface area contributed by atoms with Gasteiger partial charge in [-0.05, 0) is 19.1 Å². The smallest absolute Gasteiger partial charge is 0.191 e. The topological polar surface area (TPSA) is 30.7 Å². The molecule has 0 aliphatic carbocycles. The van der Waals surface area contributed by atoms with Crippen LogP contribution in [-0.4, -0.2) is 20.5 Å². The van der Waals surface area contributed by atoms with Crippen molar-refractivity contribution in [3.63, 3.8) is 0 Å². The molecular weight excluding hydrogens is 274 g/mol. The van der Waals surface area contributed by atoms with Crippen LogP contribution in [0.3, 0.4) is 0 Å². The first-order valence-electron chi connectivity index (χ1n) is 6.02. The van der Waals surface area contributed by atoms with E-state index in [2.05, 4.69) is 52.5 Å². The minimum absolute atomic E-state index is 0.835. The lowest BCUT2D eigenvalue weighted by molar-refractivity contribution is 0.762. The first kappa shape index (κ1) is 14.2. The molecule has 0 aliphatic rings. The van der Waals surface area contributed by atoms with Gasteiger partial charge < -0.3 is 4.57 Å². The largest absolute Gasteiger partial charge is 0.308 e. The standard InChI is InChI=1S/C14H17N3S2/c1-4-9-18-14-16-15-13(17(14)3)10-19-12-7-5-11(2)6-8-12/h4-8H,1,9-10H2,2-3H3. The Morgan fingerprint density at radius 1 is 1.21 bits per heavy atom. The molecule has 0 amide bonds. The van der Waals surface area contributed by atoms with Gasteiger partial charge in [0.05, 0.1) is 5.75 Å². The van der Waals surface area contributed by atoms with Gasteiger partial charge in [0.2, 0.25) is 0 Å². The number of aryl methyl sites for hydroxylation is 1. The molecule has 2 aromatic rings. The van der Waals surface area contributed by atoms with Gasteiger partial charge >= 0.3 is 0 Å². The molecule has 19 heavy (non-hydrogen) atoms. The second kappa shape index (κ2) is 6.82. The van der Waals surface area contributed by atoms with E-state index in [1.165, 1.54) is 10.5 Å². The highest BCUT2D eigenvalue weighted by Gasteiger charge is 2.08. The molecular formula is C14H17N3S2. The number of hydrogen-bond donors (Lipinski definition) is 0. The third-order valence-corrected chi connectivity index (χ3v) is 4.67. The molecule has 0 spiro atoms. The van der Waals surface area contributed by atoms with Crippen LogP contribution < -0.4 is 0 Å². The minimum Gasteiger partial charge on any atom is -0.308 e. The van der Waals surface area contributed by atoms with E-state index in [-0.39, 0.29) is 0 Å². The molecule has 0 radical (unpaired) electrons. The summed E-state index contributed by atoms with van der Waals surface area (Å²) < 4.78 is 2.05. The molecule has 0 fully saturated rings. The van der Waals surface area contributed by atoms with Crippen molar-refractivity contribution in [1.29, 1.82) is 0 Å². The molecule has 2 rings (SSSR count). The van der Waals surface area contributed by atoms with Gasteiger partial charge in [-0.2, -0.15) is 0 Å². The summed E-state index contributed by atoms with van der Waals surface area (Å²) in [7, 11) is 2.01. The Balaban J connectivity index is 1.97. The van der Waals surface area contributed by atoms with Gasteiger partial charge in [0, 0.05) is 17.7 Å². The fraction of sp³-hybridized carbons (Fsp3) is 0.286. The second-order valence-electron chi connectivity index (χ2n) is 4.16. The Kier molecular flexibility index (Phi) is 5.10. The highest BCUT2D eigenvalue weighted by atomic mass is 32.2. The Hall–Kier alpha value is -1.20. The first-order valence-corrected chi connectivity index (χ1v) is 7.99. The average molecular weight is 291 g/mol. The fourth-order valence-corrected chi connectivity index (χ4v) is 3.05. The van der Waals surface area contributed by atoms with Gasteiger partial charge in [-0.3, -0.25) is 0 Å². The molecule has 5 heteroatoms. The summed E-state index contributed by atoms with van der Waals surface area (Å²) >= 11 is 3.43. The van der Waals surface area contributed by atoms with E-state index >= 15 is 0 Å². The number of aromatic nitrogens is 3. The minimum atomic E-state index is 0.835. The van der Waals surface area contributed by atoms with Crippen molar-refractivity contribution < 1.29 is 0 Å². The average Bonchev–Trinajstić information content (AvgIpc) is 2.77. The third-order valence-electron chi connectivity index (χ3n) is 2.64. The van der Waals surface area contributed by atoms with Crippen LogP contribution in [0.4, 0.5) is 0 Å². The summed E-state index contributed by atoms with van der Waals surface area (Å²) in [5.74, 6) is 2.69. The highest BCUT2D eigenvalue weighted by molar-refractivity contribution is 7.99. The Morgan fingerprint density at radius 3 is 2.63 bits per heavy atom. The van der Waals surface area contributed by atoms with Crippen LogP contribution in [0.1, 0.15) is 11.4 Å². The molecule has 1 aromatic heterocycles. The summed E-state index contributed by atoms with van der Waals surface area (Å²) in [6.45, 7) is 5.81. The van der Waals surface area contributed by atoms with E-state index in [0.717, 1.165) is 22.5 Å². The zero-order valence-corrected chi connectivity index (χ0v) is 12.8. The van der Waals surface area contributed by atoms with Gasteiger partial charge in [-0.15, -0.1) is 28.5 Å². The monoisotopic (exact) mass is 291 g/mol. The number of nitrogens with zero attached hydrogens (tertiary/aromatic N) is 3. The predicted molar refractivity (Wildman–Crippen MR) is 82.7 cm³/mol. The van der Waals surface area contributed by atoms with Crippen molar-refractivity contribution in [3.8, 4) is 0 Å². The van der Waals surface area contributed by atoms with Crippen LogP contribution in [-0.2, 0) is 12.8 Å². The van der Waals surface area contributed by atoms with Crippen molar-refractivity contribution in [2.75, 3.05) is 5.75 Å². The number of hydrogen-bond acceptors (Lipinski definition) is 4. The van der Waals surface area contributed by atoms with Gasteiger partial charge in [0.25, 0.3) is 0 Å². The van der Waals surface area contributed by atoms with Crippen LogP contribution in [0, 0.1) is 6.92 Å². The third kappa shape index (κ3) is 3.88.